The summed E-state index contributed by atoms with van der Waals surface area (Å²) in [6.07, 6.45) is 0. The Bertz CT molecular complexity index is 554. The van der Waals surface area contributed by atoms with Crippen molar-refractivity contribution in [2.75, 3.05) is 27.4 Å². The van der Waals surface area contributed by atoms with Gasteiger partial charge < -0.3 is 14.2 Å². The zero-order valence-corrected chi connectivity index (χ0v) is 11.4. The monoisotopic (exact) mass is 289 g/mol. The molecule has 0 saturated heterocycles. The van der Waals surface area contributed by atoms with E-state index in [-0.39, 0.29) is 29.4 Å². The minimum absolute atomic E-state index is 0.0657. The van der Waals surface area contributed by atoms with Crippen LogP contribution < -0.4 is 9.88 Å². The number of esters is 1. The predicted molar refractivity (Wildman–Crippen MR) is 66.5 cm³/mol. The van der Waals surface area contributed by atoms with Gasteiger partial charge in [-0.1, -0.05) is 0 Å². The van der Waals surface area contributed by atoms with Crippen LogP contribution in [0.4, 0.5) is 0 Å². The molecule has 2 N–H and O–H groups in total. The van der Waals surface area contributed by atoms with Gasteiger partial charge in [0.2, 0.25) is 10.0 Å². The molecule has 0 fully saturated rings. The maximum atomic E-state index is 11.6. The molecule has 1 aromatic rings. The van der Waals surface area contributed by atoms with E-state index in [1.165, 1.54) is 26.4 Å². The van der Waals surface area contributed by atoms with E-state index in [9.17, 15) is 13.2 Å². The lowest BCUT2D eigenvalue weighted by Crippen LogP contribution is -2.15. The zero-order chi connectivity index (χ0) is 14.5. The molecule has 0 spiro atoms. The molecule has 7 nitrogen and oxygen atoms in total. The van der Waals surface area contributed by atoms with Gasteiger partial charge in [-0.25, -0.2) is 18.4 Å². The summed E-state index contributed by atoms with van der Waals surface area (Å²) in [6, 6.07) is 3.85. The van der Waals surface area contributed by atoms with Crippen LogP contribution in [-0.4, -0.2) is 41.8 Å². The summed E-state index contributed by atoms with van der Waals surface area (Å²) in [4.78, 5) is 11.4. The van der Waals surface area contributed by atoms with E-state index in [1.54, 1.807) is 0 Å². The largest absolute Gasteiger partial charge is 0.495 e. The molecule has 0 aliphatic heterocycles. The van der Waals surface area contributed by atoms with Gasteiger partial charge in [0.25, 0.3) is 0 Å². The highest BCUT2D eigenvalue weighted by molar-refractivity contribution is 7.89. The average Bonchev–Trinajstić information content (AvgIpc) is 2.37. The second kappa shape index (κ2) is 6.50. The van der Waals surface area contributed by atoms with E-state index in [2.05, 4.69) is 0 Å². The van der Waals surface area contributed by atoms with Crippen LogP contribution >= 0.6 is 0 Å². The second-order valence-corrected chi connectivity index (χ2v) is 5.07. The third-order valence-electron chi connectivity index (χ3n) is 2.23. The molecule has 0 radical (unpaired) electrons. The molecule has 19 heavy (non-hydrogen) atoms. The summed E-state index contributed by atoms with van der Waals surface area (Å²) < 4.78 is 37.2. The van der Waals surface area contributed by atoms with Crippen LogP contribution in [-0.2, 0) is 19.5 Å². The Hall–Kier alpha value is -1.64. The smallest absolute Gasteiger partial charge is 0.338 e. The van der Waals surface area contributed by atoms with Crippen LogP contribution in [0.2, 0.25) is 0 Å². The zero-order valence-electron chi connectivity index (χ0n) is 10.6. The number of methoxy groups -OCH3 is 2. The first kappa shape index (κ1) is 15.4. The van der Waals surface area contributed by atoms with Gasteiger partial charge in [-0.05, 0) is 18.2 Å². The van der Waals surface area contributed by atoms with Crippen molar-refractivity contribution in [1.29, 1.82) is 0 Å². The quantitative estimate of drug-likeness (QED) is 0.590. The lowest BCUT2D eigenvalue weighted by molar-refractivity contribution is 0.0388. The Morgan fingerprint density at radius 1 is 1.26 bits per heavy atom. The Morgan fingerprint density at radius 3 is 2.47 bits per heavy atom. The lowest BCUT2D eigenvalue weighted by atomic mass is 10.2. The number of hydrogen-bond acceptors (Lipinski definition) is 6. The Labute approximate surface area is 111 Å². The van der Waals surface area contributed by atoms with Gasteiger partial charge in [-0.15, -0.1) is 0 Å². The van der Waals surface area contributed by atoms with Crippen molar-refractivity contribution in [3.8, 4) is 5.75 Å². The third-order valence-corrected chi connectivity index (χ3v) is 3.16. The molecule has 0 unspecified atom stereocenters. The first-order valence-corrected chi connectivity index (χ1v) is 6.81. The number of ether oxygens (including phenoxy) is 3. The second-order valence-electron chi connectivity index (χ2n) is 3.54. The molecular weight excluding hydrogens is 274 g/mol. The minimum atomic E-state index is -3.98. The highest BCUT2D eigenvalue weighted by atomic mass is 32.2. The summed E-state index contributed by atoms with van der Waals surface area (Å²) in [5.41, 5.74) is 0.0703. The topological polar surface area (TPSA) is 105 Å². The van der Waals surface area contributed by atoms with Crippen molar-refractivity contribution in [3.63, 3.8) is 0 Å². The van der Waals surface area contributed by atoms with E-state index in [1.807, 2.05) is 0 Å². The molecule has 0 aliphatic rings. The highest BCUT2D eigenvalue weighted by Crippen LogP contribution is 2.23. The van der Waals surface area contributed by atoms with E-state index < -0.39 is 16.0 Å². The Morgan fingerprint density at radius 2 is 1.95 bits per heavy atom. The van der Waals surface area contributed by atoms with E-state index >= 15 is 0 Å². The number of sulfonamides is 1. The Balaban J connectivity index is 3.02. The summed E-state index contributed by atoms with van der Waals surface area (Å²) >= 11 is 0. The van der Waals surface area contributed by atoms with Crippen LogP contribution in [0.5, 0.6) is 5.75 Å². The molecule has 0 amide bonds. The summed E-state index contributed by atoms with van der Waals surface area (Å²) in [7, 11) is -1.21. The number of carbonyl (C=O) groups excluding carboxylic acids is 1. The predicted octanol–water partition coefficient (Wildman–Crippen LogP) is 0.146. The molecule has 0 atom stereocenters. The third kappa shape index (κ3) is 4.19. The number of primary sulfonamides is 1. The lowest BCUT2D eigenvalue weighted by Gasteiger charge is -2.09. The summed E-state index contributed by atoms with van der Waals surface area (Å²) in [6.45, 7) is 0.329. The van der Waals surface area contributed by atoms with E-state index in [0.29, 0.717) is 0 Å². The first-order chi connectivity index (χ1) is 8.90. The minimum Gasteiger partial charge on any atom is -0.495 e. The Kier molecular flexibility index (Phi) is 5.28. The van der Waals surface area contributed by atoms with Gasteiger partial charge in [0.05, 0.1) is 19.3 Å². The van der Waals surface area contributed by atoms with Gasteiger partial charge >= 0.3 is 5.97 Å². The van der Waals surface area contributed by atoms with Crippen LogP contribution in [0, 0.1) is 0 Å². The van der Waals surface area contributed by atoms with Crippen molar-refractivity contribution in [2.45, 2.75) is 4.90 Å². The van der Waals surface area contributed by atoms with E-state index in [0.717, 1.165) is 6.07 Å². The molecule has 0 aliphatic carbocycles. The fourth-order valence-corrected chi connectivity index (χ4v) is 2.05. The average molecular weight is 289 g/mol. The van der Waals surface area contributed by atoms with Crippen LogP contribution in [0.25, 0.3) is 0 Å². The molecule has 1 aromatic carbocycles. The van der Waals surface area contributed by atoms with Gasteiger partial charge in [0.1, 0.15) is 17.3 Å². The molecule has 1 rings (SSSR count). The van der Waals surface area contributed by atoms with Crippen molar-refractivity contribution >= 4 is 16.0 Å². The van der Waals surface area contributed by atoms with Crippen molar-refractivity contribution < 1.29 is 27.4 Å². The van der Waals surface area contributed by atoms with Crippen LogP contribution in [0.1, 0.15) is 10.4 Å². The highest BCUT2D eigenvalue weighted by Gasteiger charge is 2.18. The van der Waals surface area contributed by atoms with E-state index in [4.69, 9.17) is 19.3 Å². The summed E-state index contributed by atoms with van der Waals surface area (Å²) in [5.74, 6) is -0.597. The van der Waals surface area contributed by atoms with Gasteiger partial charge in [-0.3, -0.25) is 0 Å². The van der Waals surface area contributed by atoms with Crippen molar-refractivity contribution in [1.82, 2.24) is 0 Å². The number of rotatable bonds is 6. The fourth-order valence-electron chi connectivity index (χ4n) is 1.33. The molecule has 0 heterocycles. The molecule has 0 saturated carbocycles. The van der Waals surface area contributed by atoms with Crippen molar-refractivity contribution in [2.24, 2.45) is 5.14 Å². The molecule has 106 valence electrons. The normalized spacial score (nSPS) is 11.1. The molecule has 8 heteroatoms. The number of nitrogens with two attached hydrogens (primary N) is 1. The number of hydrogen-bond donors (Lipinski definition) is 1. The summed E-state index contributed by atoms with van der Waals surface area (Å²) in [5, 5.41) is 5.04. The number of benzene rings is 1. The number of carbonyl (C=O) groups is 1. The maximum Gasteiger partial charge on any atom is 0.338 e. The maximum absolute atomic E-state index is 11.6. The molecule has 0 bridgehead atoms. The SMILES string of the molecule is COCCOC(=O)c1ccc(OC)c(S(N)(=O)=O)c1. The fraction of sp³-hybridized carbons (Fsp3) is 0.364. The van der Waals surface area contributed by atoms with Crippen LogP contribution in [0.15, 0.2) is 23.1 Å². The first-order valence-electron chi connectivity index (χ1n) is 5.27. The van der Waals surface area contributed by atoms with Crippen molar-refractivity contribution in [3.05, 3.63) is 23.8 Å². The molecule has 0 aromatic heterocycles. The standard InChI is InChI=1S/C11H15NO6S/c1-16-5-6-18-11(13)8-3-4-9(17-2)10(7-8)19(12,14)15/h3-4,7H,5-6H2,1-2H3,(H2,12,14,15). The van der Waals surface area contributed by atoms with Gasteiger partial charge in [0.15, 0.2) is 0 Å². The van der Waals surface area contributed by atoms with Gasteiger partial charge in [0, 0.05) is 7.11 Å². The van der Waals surface area contributed by atoms with Gasteiger partial charge in [-0.2, -0.15) is 0 Å². The molecular formula is C11H15NO6S. The van der Waals surface area contributed by atoms with Crippen LogP contribution in [0.3, 0.4) is 0 Å².